The molecule has 6 nitrogen and oxygen atoms in total. The van der Waals surface area contributed by atoms with Gasteiger partial charge in [-0.25, -0.2) is 0 Å². The maximum absolute atomic E-state index is 12.7. The summed E-state index contributed by atoms with van der Waals surface area (Å²) in [5.41, 5.74) is 2.78. The van der Waals surface area contributed by atoms with Gasteiger partial charge in [0.2, 0.25) is 0 Å². The maximum Gasteiger partial charge on any atom is 0.274 e. The Morgan fingerprint density at radius 3 is 2.61 bits per heavy atom. The van der Waals surface area contributed by atoms with Gasteiger partial charge in [-0.2, -0.15) is 5.10 Å². The van der Waals surface area contributed by atoms with E-state index in [0.29, 0.717) is 25.3 Å². The number of aliphatic hydroxyl groups is 1. The van der Waals surface area contributed by atoms with Crippen molar-refractivity contribution >= 4 is 5.91 Å². The molecule has 1 unspecified atom stereocenters. The first-order chi connectivity index (χ1) is 10.9. The molecular formula is C17H28N4O2. The van der Waals surface area contributed by atoms with Gasteiger partial charge in [-0.05, 0) is 24.7 Å². The first-order valence-electron chi connectivity index (χ1n) is 8.62. The van der Waals surface area contributed by atoms with Gasteiger partial charge < -0.3 is 10.0 Å². The van der Waals surface area contributed by atoms with E-state index < -0.39 is 0 Å². The first kappa shape index (κ1) is 16.5. The standard InChI is InChI=1S/C17H28N4O2/c1-17(2,3)14(22)11-20-7-9-21(10-8-20)16(23)15-12-5-4-6-13(12)18-19-15/h14,22H,4-11H2,1-3H3,(H,18,19). The van der Waals surface area contributed by atoms with Crippen LogP contribution in [0, 0.1) is 5.41 Å². The fraction of sp³-hybridized carbons (Fsp3) is 0.765. The minimum atomic E-state index is -0.348. The van der Waals surface area contributed by atoms with Gasteiger partial charge in [-0.15, -0.1) is 0 Å². The van der Waals surface area contributed by atoms with Crippen LogP contribution in [0.3, 0.4) is 0 Å². The molecule has 1 aromatic heterocycles. The van der Waals surface area contributed by atoms with Crippen molar-refractivity contribution in [2.24, 2.45) is 5.41 Å². The first-order valence-corrected chi connectivity index (χ1v) is 8.62. The van der Waals surface area contributed by atoms with Crippen LogP contribution in [-0.4, -0.2) is 69.8 Å². The van der Waals surface area contributed by atoms with Crippen LogP contribution in [0.2, 0.25) is 0 Å². The molecule has 1 atom stereocenters. The Morgan fingerprint density at radius 2 is 1.96 bits per heavy atom. The van der Waals surface area contributed by atoms with E-state index in [-0.39, 0.29) is 17.4 Å². The van der Waals surface area contributed by atoms with Gasteiger partial charge in [0.15, 0.2) is 5.69 Å². The zero-order chi connectivity index (χ0) is 16.6. The number of aromatic nitrogens is 2. The number of aryl methyl sites for hydroxylation is 1. The summed E-state index contributed by atoms with van der Waals surface area (Å²) in [6, 6.07) is 0. The van der Waals surface area contributed by atoms with E-state index in [2.05, 4.69) is 35.9 Å². The van der Waals surface area contributed by atoms with Crippen molar-refractivity contribution in [1.29, 1.82) is 0 Å². The van der Waals surface area contributed by atoms with E-state index in [0.717, 1.165) is 43.6 Å². The summed E-state index contributed by atoms with van der Waals surface area (Å²) < 4.78 is 0. The van der Waals surface area contributed by atoms with Gasteiger partial charge in [-0.3, -0.25) is 14.8 Å². The molecule has 1 amide bonds. The molecule has 1 aliphatic carbocycles. The number of nitrogens with zero attached hydrogens (tertiary/aromatic N) is 3. The Labute approximate surface area is 137 Å². The number of hydrogen-bond acceptors (Lipinski definition) is 4. The highest BCUT2D eigenvalue weighted by Crippen LogP contribution is 2.24. The Bertz CT molecular complexity index is 568. The molecule has 2 aliphatic rings. The Hall–Kier alpha value is -1.40. The van der Waals surface area contributed by atoms with Crippen LogP contribution < -0.4 is 0 Å². The van der Waals surface area contributed by atoms with E-state index >= 15 is 0 Å². The number of aromatic amines is 1. The Morgan fingerprint density at radius 1 is 1.26 bits per heavy atom. The molecule has 0 aromatic carbocycles. The molecule has 2 N–H and O–H groups in total. The van der Waals surface area contributed by atoms with Crippen LogP contribution in [0.5, 0.6) is 0 Å². The van der Waals surface area contributed by atoms with Crippen LogP contribution in [0.25, 0.3) is 0 Å². The predicted molar refractivity (Wildman–Crippen MR) is 88.4 cm³/mol. The predicted octanol–water partition coefficient (Wildman–Crippen LogP) is 1.06. The molecule has 2 heterocycles. The van der Waals surface area contributed by atoms with Crippen LogP contribution in [-0.2, 0) is 12.8 Å². The van der Waals surface area contributed by atoms with Gasteiger partial charge in [0.1, 0.15) is 0 Å². The second kappa shape index (κ2) is 6.24. The maximum atomic E-state index is 12.7. The topological polar surface area (TPSA) is 72.5 Å². The largest absolute Gasteiger partial charge is 0.391 e. The lowest BCUT2D eigenvalue weighted by Gasteiger charge is -2.37. The number of H-pyrrole nitrogens is 1. The second-order valence-electron chi connectivity index (χ2n) is 7.86. The number of piperazine rings is 1. The van der Waals surface area contributed by atoms with E-state index in [1.807, 2.05) is 4.90 Å². The second-order valence-corrected chi connectivity index (χ2v) is 7.86. The Balaban J connectivity index is 1.55. The molecular weight excluding hydrogens is 292 g/mol. The highest BCUT2D eigenvalue weighted by molar-refractivity contribution is 5.94. The Kier molecular flexibility index (Phi) is 4.47. The zero-order valence-corrected chi connectivity index (χ0v) is 14.4. The highest BCUT2D eigenvalue weighted by atomic mass is 16.3. The molecule has 0 bridgehead atoms. The summed E-state index contributed by atoms with van der Waals surface area (Å²) in [5, 5.41) is 17.5. The lowest BCUT2D eigenvalue weighted by Crippen LogP contribution is -2.51. The molecule has 0 spiro atoms. The van der Waals surface area contributed by atoms with Crippen LogP contribution in [0.4, 0.5) is 0 Å². The molecule has 6 heteroatoms. The van der Waals surface area contributed by atoms with Gasteiger partial charge in [-0.1, -0.05) is 20.8 Å². The average Bonchev–Trinajstić information content (AvgIpc) is 3.09. The summed E-state index contributed by atoms with van der Waals surface area (Å²) in [6.45, 7) is 9.86. The molecule has 3 rings (SSSR count). The molecule has 23 heavy (non-hydrogen) atoms. The number of aliphatic hydroxyl groups excluding tert-OH is 1. The summed E-state index contributed by atoms with van der Waals surface area (Å²) >= 11 is 0. The third-order valence-electron chi connectivity index (χ3n) is 5.10. The average molecular weight is 320 g/mol. The monoisotopic (exact) mass is 320 g/mol. The molecule has 0 radical (unpaired) electrons. The smallest absolute Gasteiger partial charge is 0.274 e. The van der Waals surface area contributed by atoms with E-state index in [4.69, 9.17) is 0 Å². The summed E-state index contributed by atoms with van der Waals surface area (Å²) in [5.74, 6) is 0.0559. The van der Waals surface area contributed by atoms with Crippen molar-refractivity contribution in [1.82, 2.24) is 20.0 Å². The number of carbonyl (C=O) groups is 1. The molecule has 1 saturated heterocycles. The fourth-order valence-electron chi connectivity index (χ4n) is 3.30. The quantitative estimate of drug-likeness (QED) is 0.874. The highest BCUT2D eigenvalue weighted by Gasteiger charge is 2.30. The fourth-order valence-corrected chi connectivity index (χ4v) is 3.30. The molecule has 128 valence electrons. The minimum absolute atomic E-state index is 0.0559. The third-order valence-corrected chi connectivity index (χ3v) is 5.10. The number of fused-ring (bicyclic) bond motifs is 1. The van der Waals surface area contributed by atoms with Crippen LogP contribution in [0.15, 0.2) is 0 Å². The van der Waals surface area contributed by atoms with E-state index in [1.54, 1.807) is 0 Å². The van der Waals surface area contributed by atoms with Gasteiger partial charge in [0.05, 0.1) is 6.10 Å². The van der Waals surface area contributed by atoms with Crippen molar-refractivity contribution in [2.45, 2.75) is 46.1 Å². The van der Waals surface area contributed by atoms with Crippen molar-refractivity contribution in [3.8, 4) is 0 Å². The number of β-amino-alcohol motifs (C(OH)–C–C–N with tert-alkyl or cyclic N) is 1. The lowest BCUT2D eigenvalue weighted by atomic mass is 9.89. The normalized spacial score (nSPS) is 20.6. The molecule has 1 fully saturated rings. The van der Waals surface area contributed by atoms with Crippen LogP contribution >= 0.6 is 0 Å². The van der Waals surface area contributed by atoms with Crippen molar-refractivity contribution in [2.75, 3.05) is 32.7 Å². The summed E-state index contributed by atoms with van der Waals surface area (Å²) in [4.78, 5) is 16.8. The zero-order valence-electron chi connectivity index (χ0n) is 14.4. The van der Waals surface area contributed by atoms with E-state index in [1.165, 1.54) is 0 Å². The number of rotatable bonds is 3. The van der Waals surface area contributed by atoms with Gasteiger partial charge >= 0.3 is 0 Å². The van der Waals surface area contributed by atoms with Crippen molar-refractivity contribution < 1.29 is 9.90 Å². The number of hydrogen-bond donors (Lipinski definition) is 2. The minimum Gasteiger partial charge on any atom is -0.391 e. The lowest BCUT2D eigenvalue weighted by molar-refractivity contribution is 0.0135. The van der Waals surface area contributed by atoms with Crippen molar-refractivity contribution in [3.63, 3.8) is 0 Å². The van der Waals surface area contributed by atoms with Crippen LogP contribution in [0.1, 0.15) is 48.9 Å². The third kappa shape index (κ3) is 3.43. The number of amides is 1. The SMILES string of the molecule is CC(C)(C)C(O)CN1CCN(C(=O)c2n[nH]c3c2CCC3)CC1. The van der Waals surface area contributed by atoms with E-state index in [9.17, 15) is 9.90 Å². The summed E-state index contributed by atoms with van der Waals surface area (Å²) in [7, 11) is 0. The summed E-state index contributed by atoms with van der Waals surface area (Å²) in [6.07, 6.45) is 2.74. The van der Waals surface area contributed by atoms with Gasteiger partial charge in [0, 0.05) is 44.0 Å². The molecule has 1 aromatic rings. The number of nitrogens with one attached hydrogen (secondary N) is 1. The van der Waals surface area contributed by atoms with Crippen molar-refractivity contribution in [3.05, 3.63) is 17.0 Å². The molecule has 1 aliphatic heterocycles. The van der Waals surface area contributed by atoms with Gasteiger partial charge in [0.25, 0.3) is 5.91 Å². The number of carbonyl (C=O) groups excluding carboxylic acids is 1. The molecule has 0 saturated carbocycles.